The van der Waals surface area contributed by atoms with Crippen LogP contribution in [-0.4, -0.2) is 23.3 Å². The fraction of sp³-hybridized carbons (Fsp3) is 0.0769. The van der Waals surface area contributed by atoms with Crippen LogP contribution in [0.1, 0.15) is 16.7 Å². The fourth-order valence-electron chi connectivity index (χ4n) is 3.27. The van der Waals surface area contributed by atoms with Gasteiger partial charge in [-0.3, -0.25) is 9.78 Å². The van der Waals surface area contributed by atoms with Crippen LogP contribution in [0.3, 0.4) is 0 Å². The van der Waals surface area contributed by atoms with Gasteiger partial charge in [-0.1, -0.05) is 54.1 Å². The average Bonchev–Trinajstić information content (AvgIpc) is 2.88. The lowest BCUT2D eigenvalue weighted by Crippen LogP contribution is -2.16. The molecule has 0 aliphatic rings. The number of methoxy groups -OCH3 is 1. The molecule has 35 heavy (non-hydrogen) atoms. The minimum absolute atomic E-state index is 0.0752. The Labute approximate surface area is 206 Å². The number of nitrogens with zero attached hydrogens (tertiary/aromatic N) is 3. The van der Waals surface area contributed by atoms with Crippen LogP contribution in [0.5, 0.6) is 11.5 Å². The largest absolute Gasteiger partial charge is 0.497 e. The molecule has 0 spiro atoms. The van der Waals surface area contributed by atoms with Gasteiger partial charge in [-0.05, 0) is 35.9 Å². The predicted molar refractivity (Wildman–Crippen MR) is 135 cm³/mol. The summed E-state index contributed by atoms with van der Waals surface area (Å²) in [6.07, 6.45) is 1.51. The number of nitriles is 1. The smallest absolute Gasteiger partial charge is 0.270 e. The number of aromatic amines is 1. The van der Waals surface area contributed by atoms with E-state index in [1.807, 2.05) is 36.4 Å². The van der Waals surface area contributed by atoms with E-state index in [-0.39, 0.29) is 17.2 Å². The molecule has 0 saturated carbocycles. The number of ether oxygens (including phenoxy) is 2. The van der Waals surface area contributed by atoms with E-state index in [4.69, 9.17) is 21.1 Å². The monoisotopic (exact) mass is 485 g/mol. The van der Waals surface area contributed by atoms with Crippen molar-refractivity contribution in [3.63, 3.8) is 0 Å². The van der Waals surface area contributed by atoms with Crippen molar-refractivity contribution >= 4 is 23.8 Å². The molecular formula is C26H20ClN5O3. The predicted octanol–water partition coefficient (Wildman–Crippen LogP) is 5.00. The van der Waals surface area contributed by atoms with Crippen molar-refractivity contribution in [2.75, 3.05) is 12.5 Å². The molecule has 174 valence electrons. The van der Waals surface area contributed by atoms with E-state index in [9.17, 15) is 10.1 Å². The van der Waals surface area contributed by atoms with Crippen LogP contribution >= 0.6 is 11.6 Å². The molecule has 3 aromatic carbocycles. The third kappa shape index (κ3) is 5.85. The number of hydrazone groups is 1. The number of nitrogens with one attached hydrogen (secondary N) is 2. The summed E-state index contributed by atoms with van der Waals surface area (Å²) in [5.74, 6) is 1.39. The Bertz CT molecular complexity index is 1460. The standard InChI is InChI=1S/C26H20ClN5O3/c1-34-21-9-5-6-17(12-21)16-35-23-11-10-20(27)13-19(23)15-29-32-26-30-24(18-7-3-2-4-8-18)22(14-28)25(33)31-26/h2-13,15H,16H2,1H3,(H2,30,31,32,33). The van der Waals surface area contributed by atoms with Crippen molar-refractivity contribution in [3.8, 4) is 28.8 Å². The highest BCUT2D eigenvalue weighted by atomic mass is 35.5. The molecule has 1 aromatic heterocycles. The molecule has 4 aromatic rings. The van der Waals surface area contributed by atoms with Gasteiger partial charge in [0.25, 0.3) is 5.56 Å². The lowest BCUT2D eigenvalue weighted by Gasteiger charge is -2.10. The fourth-order valence-corrected chi connectivity index (χ4v) is 3.45. The molecular weight excluding hydrogens is 466 g/mol. The SMILES string of the molecule is COc1cccc(COc2ccc(Cl)cc2C=NNc2nc(-c3ccccc3)c(C#N)c(=O)[nH]2)c1. The maximum absolute atomic E-state index is 12.4. The molecule has 0 atom stereocenters. The Balaban J connectivity index is 1.55. The number of rotatable bonds is 8. The first-order valence-corrected chi connectivity index (χ1v) is 10.9. The second kappa shape index (κ2) is 11.0. The van der Waals surface area contributed by atoms with Crippen molar-refractivity contribution in [3.05, 3.63) is 105 Å². The van der Waals surface area contributed by atoms with E-state index in [1.54, 1.807) is 49.6 Å². The first kappa shape index (κ1) is 23.5. The van der Waals surface area contributed by atoms with Gasteiger partial charge in [0, 0.05) is 16.1 Å². The van der Waals surface area contributed by atoms with Crippen LogP contribution in [0, 0.1) is 11.3 Å². The van der Waals surface area contributed by atoms with Gasteiger partial charge >= 0.3 is 0 Å². The zero-order chi connectivity index (χ0) is 24.6. The van der Waals surface area contributed by atoms with Crippen LogP contribution < -0.4 is 20.5 Å². The van der Waals surface area contributed by atoms with Crippen molar-refractivity contribution in [2.45, 2.75) is 6.61 Å². The molecule has 0 saturated heterocycles. The molecule has 4 rings (SSSR count). The zero-order valence-electron chi connectivity index (χ0n) is 18.7. The van der Waals surface area contributed by atoms with Crippen molar-refractivity contribution < 1.29 is 9.47 Å². The highest BCUT2D eigenvalue weighted by Gasteiger charge is 2.13. The molecule has 0 aliphatic heterocycles. The van der Waals surface area contributed by atoms with Crippen LogP contribution in [0.2, 0.25) is 5.02 Å². The minimum Gasteiger partial charge on any atom is -0.497 e. The van der Waals surface area contributed by atoms with Crippen molar-refractivity contribution in [2.24, 2.45) is 5.10 Å². The van der Waals surface area contributed by atoms with Gasteiger partial charge in [-0.2, -0.15) is 10.4 Å². The second-order valence-electron chi connectivity index (χ2n) is 7.31. The van der Waals surface area contributed by atoms with E-state index in [2.05, 4.69) is 20.5 Å². The first-order chi connectivity index (χ1) is 17.1. The summed E-state index contributed by atoms with van der Waals surface area (Å²) in [5, 5.41) is 14.1. The molecule has 0 fully saturated rings. The van der Waals surface area contributed by atoms with Gasteiger partial charge in [0.05, 0.1) is 19.0 Å². The zero-order valence-corrected chi connectivity index (χ0v) is 19.4. The van der Waals surface area contributed by atoms with E-state index in [0.717, 1.165) is 11.3 Å². The molecule has 0 amide bonds. The molecule has 0 bridgehead atoms. The summed E-state index contributed by atoms with van der Waals surface area (Å²) < 4.78 is 11.2. The lowest BCUT2D eigenvalue weighted by molar-refractivity contribution is 0.305. The molecule has 1 heterocycles. The highest BCUT2D eigenvalue weighted by Crippen LogP contribution is 2.24. The lowest BCUT2D eigenvalue weighted by atomic mass is 10.1. The first-order valence-electron chi connectivity index (χ1n) is 10.5. The number of aromatic nitrogens is 2. The quantitative estimate of drug-likeness (QED) is 0.268. The van der Waals surface area contributed by atoms with Crippen molar-refractivity contribution in [1.82, 2.24) is 9.97 Å². The van der Waals surface area contributed by atoms with E-state index >= 15 is 0 Å². The molecule has 0 unspecified atom stereocenters. The van der Waals surface area contributed by atoms with E-state index in [0.29, 0.717) is 28.5 Å². The Morgan fingerprint density at radius 3 is 2.74 bits per heavy atom. The van der Waals surface area contributed by atoms with Crippen LogP contribution in [0.15, 0.2) is 82.7 Å². The summed E-state index contributed by atoms with van der Waals surface area (Å²) in [5.41, 5.74) is 4.53. The number of halogens is 1. The summed E-state index contributed by atoms with van der Waals surface area (Å²) >= 11 is 6.17. The molecule has 9 heteroatoms. The molecule has 2 N–H and O–H groups in total. The van der Waals surface area contributed by atoms with E-state index < -0.39 is 5.56 Å². The number of hydrogen-bond acceptors (Lipinski definition) is 7. The summed E-state index contributed by atoms with van der Waals surface area (Å²) in [7, 11) is 1.61. The van der Waals surface area contributed by atoms with Gasteiger partial charge in [-0.15, -0.1) is 0 Å². The average molecular weight is 486 g/mol. The number of benzene rings is 3. The Morgan fingerprint density at radius 2 is 1.97 bits per heavy atom. The topological polar surface area (TPSA) is 112 Å². The summed E-state index contributed by atoms with van der Waals surface area (Å²) in [6, 6.07) is 23.6. The molecule has 8 nitrogen and oxygen atoms in total. The van der Waals surface area contributed by atoms with Crippen molar-refractivity contribution in [1.29, 1.82) is 5.26 Å². The van der Waals surface area contributed by atoms with Crippen LogP contribution in [0.4, 0.5) is 5.95 Å². The maximum atomic E-state index is 12.4. The van der Waals surface area contributed by atoms with Gasteiger partial charge < -0.3 is 9.47 Å². The van der Waals surface area contributed by atoms with Gasteiger partial charge in [0.2, 0.25) is 5.95 Å². The third-order valence-electron chi connectivity index (χ3n) is 4.95. The summed E-state index contributed by atoms with van der Waals surface area (Å²) in [4.78, 5) is 19.3. The Kier molecular flexibility index (Phi) is 7.40. The second-order valence-corrected chi connectivity index (χ2v) is 7.74. The highest BCUT2D eigenvalue weighted by molar-refractivity contribution is 6.30. The number of H-pyrrole nitrogens is 1. The molecule has 0 aliphatic carbocycles. The van der Waals surface area contributed by atoms with Gasteiger partial charge in [0.15, 0.2) is 0 Å². The van der Waals surface area contributed by atoms with Gasteiger partial charge in [-0.25, -0.2) is 10.4 Å². The maximum Gasteiger partial charge on any atom is 0.270 e. The minimum atomic E-state index is -0.566. The number of hydrogen-bond donors (Lipinski definition) is 2. The number of anilines is 1. The Morgan fingerprint density at radius 1 is 1.14 bits per heavy atom. The molecule has 0 radical (unpaired) electrons. The van der Waals surface area contributed by atoms with Crippen LogP contribution in [-0.2, 0) is 6.61 Å². The van der Waals surface area contributed by atoms with E-state index in [1.165, 1.54) is 6.21 Å². The Hall–Kier alpha value is -4.61. The third-order valence-corrected chi connectivity index (χ3v) is 5.19. The van der Waals surface area contributed by atoms with Crippen LogP contribution in [0.25, 0.3) is 11.3 Å². The summed E-state index contributed by atoms with van der Waals surface area (Å²) in [6.45, 7) is 0.317. The van der Waals surface area contributed by atoms with Gasteiger partial charge in [0.1, 0.15) is 29.7 Å². The normalized spacial score (nSPS) is 10.7.